The molecule has 0 atom stereocenters. The van der Waals surface area contributed by atoms with Gasteiger partial charge in [-0.1, -0.05) is 133 Å². The largest absolute Gasteiger partial charge is 0.309 e. The predicted molar refractivity (Wildman–Crippen MR) is 232 cm³/mol. The van der Waals surface area contributed by atoms with Gasteiger partial charge in [0.05, 0.1) is 43.5 Å². The molecule has 254 valence electrons. The second kappa shape index (κ2) is 10.8. The number of fused-ring (bicyclic) bond motifs is 15. The number of benzene rings is 8. The Kier molecular flexibility index (Phi) is 5.74. The topological polar surface area (TPSA) is 35.1 Å². The van der Waals surface area contributed by atoms with Crippen molar-refractivity contribution in [1.82, 2.24) is 18.9 Å². The van der Waals surface area contributed by atoms with E-state index < -0.39 is 0 Å². The van der Waals surface area contributed by atoms with Gasteiger partial charge in [-0.2, -0.15) is 0 Å². The van der Waals surface area contributed by atoms with E-state index in [0.29, 0.717) is 0 Å². The maximum Gasteiger partial charge on any atom is 0.160 e. The van der Waals surface area contributed by atoms with Crippen molar-refractivity contribution < 1.29 is 0 Å². The molecule has 13 rings (SSSR count). The normalized spacial score (nSPS) is 12.4. The molecule has 0 aliphatic rings. The van der Waals surface area contributed by atoms with E-state index in [4.69, 9.17) is 9.97 Å². The number of rotatable bonds is 3. The van der Waals surface area contributed by atoms with Crippen LogP contribution >= 0.6 is 11.3 Å². The number of nitrogens with zero attached hydrogens (tertiary/aromatic N) is 4. The standard InChI is InChI=1S/C50H28N4S/c1-2-13-31(14-3-1)50-51-44(49-45(52-50)37-18-8-11-21-42(37)55-49)30-22-25-32(26-23-30)53-40-19-9-6-16-34(40)38-28-39-35-27-24-29-12-4-5-15-33(29)46(35)54-41-20-10-7-17-36(41)43(47(38)53)48(39)54/h1-28H. The van der Waals surface area contributed by atoms with Crippen molar-refractivity contribution >= 4 is 102 Å². The van der Waals surface area contributed by atoms with Gasteiger partial charge < -0.3 is 8.97 Å². The molecule has 5 aromatic heterocycles. The molecule has 0 amide bonds. The predicted octanol–water partition coefficient (Wildman–Crippen LogP) is 13.6. The molecule has 0 aliphatic carbocycles. The van der Waals surface area contributed by atoms with Gasteiger partial charge >= 0.3 is 0 Å². The van der Waals surface area contributed by atoms with Crippen LogP contribution in [0.2, 0.25) is 0 Å². The summed E-state index contributed by atoms with van der Waals surface area (Å²) < 4.78 is 7.33. The van der Waals surface area contributed by atoms with Gasteiger partial charge in [-0.25, -0.2) is 9.97 Å². The van der Waals surface area contributed by atoms with Crippen LogP contribution in [-0.4, -0.2) is 18.9 Å². The van der Waals surface area contributed by atoms with Crippen LogP contribution in [-0.2, 0) is 0 Å². The van der Waals surface area contributed by atoms with Crippen LogP contribution in [0.4, 0.5) is 0 Å². The SMILES string of the molecule is c1ccc(-c2nc(-c3ccc(-n4c5ccccc5c5cc6c7ccc8ccccc8c7n7c8ccccc8c(c54)c67)cc3)c3sc4ccccc4c3n2)cc1. The number of hydrogen-bond donors (Lipinski definition) is 0. The maximum atomic E-state index is 5.25. The van der Waals surface area contributed by atoms with Gasteiger partial charge in [-0.15, -0.1) is 11.3 Å². The van der Waals surface area contributed by atoms with Crippen LogP contribution in [0.15, 0.2) is 170 Å². The summed E-state index contributed by atoms with van der Waals surface area (Å²) in [5, 5.41) is 11.4. The van der Waals surface area contributed by atoms with Gasteiger partial charge in [-0.05, 0) is 41.8 Å². The highest BCUT2D eigenvalue weighted by Gasteiger charge is 2.25. The monoisotopic (exact) mass is 716 g/mol. The Morgan fingerprint density at radius 2 is 1.13 bits per heavy atom. The number of aromatic nitrogens is 4. The zero-order chi connectivity index (χ0) is 35.8. The van der Waals surface area contributed by atoms with Gasteiger partial charge in [0, 0.05) is 64.6 Å². The Morgan fingerprint density at radius 3 is 1.98 bits per heavy atom. The van der Waals surface area contributed by atoms with Gasteiger partial charge in [0.1, 0.15) is 0 Å². The Bertz CT molecular complexity index is 3700. The van der Waals surface area contributed by atoms with Gasteiger partial charge in [0.2, 0.25) is 0 Å². The van der Waals surface area contributed by atoms with E-state index in [1.165, 1.54) is 80.8 Å². The van der Waals surface area contributed by atoms with Crippen molar-refractivity contribution in [3.8, 4) is 28.3 Å². The molecular weight excluding hydrogens is 689 g/mol. The fourth-order valence-electron chi connectivity index (χ4n) is 9.30. The molecule has 8 aromatic carbocycles. The van der Waals surface area contributed by atoms with Crippen LogP contribution in [0, 0.1) is 0 Å². The molecule has 5 heteroatoms. The number of thiophene rings is 1. The maximum absolute atomic E-state index is 5.25. The molecular formula is C50H28N4S. The van der Waals surface area contributed by atoms with Crippen LogP contribution in [0.5, 0.6) is 0 Å². The van der Waals surface area contributed by atoms with Crippen molar-refractivity contribution in [3.63, 3.8) is 0 Å². The van der Waals surface area contributed by atoms with Crippen molar-refractivity contribution in [2.24, 2.45) is 0 Å². The molecule has 4 nitrogen and oxygen atoms in total. The Balaban J connectivity index is 1.10. The lowest BCUT2D eigenvalue weighted by Gasteiger charge is -2.11. The van der Waals surface area contributed by atoms with Gasteiger partial charge in [-0.3, -0.25) is 0 Å². The smallest absolute Gasteiger partial charge is 0.160 e. The summed E-state index contributed by atoms with van der Waals surface area (Å²) in [5.74, 6) is 0.743. The summed E-state index contributed by atoms with van der Waals surface area (Å²) in [4.78, 5) is 10.4. The molecule has 0 unspecified atom stereocenters. The molecule has 0 saturated carbocycles. The first kappa shape index (κ1) is 29.4. The van der Waals surface area contributed by atoms with E-state index in [0.717, 1.165) is 38.5 Å². The zero-order valence-electron chi connectivity index (χ0n) is 29.4. The lowest BCUT2D eigenvalue weighted by molar-refractivity contribution is 1.18. The van der Waals surface area contributed by atoms with E-state index in [9.17, 15) is 0 Å². The third kappa shape index (κ3) is 3.89. The molecule has 0 bridgehead atoms. The molecule has 0 N–H and O–H groups in total. The highest BCUT2D eigenvalue weighted by atomic mass is 32.1. The Labute approximate surface area is 318 Å². The van der Waals surface area contributed by atoms with E-state index in [2.05, 4.69) is 161 Å². The molecule has 55 heavy (non-hydrogen) atoms. The quantitative estimate of drug-likeness (QED) is 0.182. The highest BCUT2D eigenvalue weighted by molar-refractivity contribution is 7.26. The molecule has 5 heterocycles. The van der Waals surface area contributed by atoms with E-state index in [-0.39, 0.29) is 0 Å². The van der Waals surface area contributed by atoms with Crippen molar-refractivity contribution in [2.75, 3.05) is 0 Å². The van der Waals surface area contributed by atoms with Crippen molar-refractivity contribution in [3.05, 3.63) is 170 Å². The lowest BCUT2D eigenvalue weighted by atomic mass is 10.0. The number of hydrogen-bond acceptors (Lipinski definition) is 3. The molecule has 13 aromatic rings. The first-order valence-corrected chi connectivity index (χ1v) is 19.5. The lowest BCUT2D eigenvalue weighted by Crippen LogP contribution is -1.96. The summed E-state index contributed by atoms with van der Waals surface area (Å²) >= 11 is 1.77. The summed E-state index contributed by atoms with van der Waals surface area (Å²) in [6.07, 6.45) is 0. The zero-order valence-corrected chi connectivity index (χ0v) is 30.2. The summed E-state index contributed by atoms with van der Waals surface area (Å²) in [7, 11) is 0. The average molecular weight is 717 g/mol. The molecule has 0 radical (unpaired) electrons. The molecule has 0 saturated heterocycles. The third-order valence-electron chi connectivity index (χ3n) is 11.6. The van der Waals surface area contributed by atoms with Crippen LogP contribution in [0.25, 0.3) is 119 Å². The first-order valence-electron chi connectivity index (χ1n) is 18.7. The van der Waals surface area contributed by atoms with E-state index in [1.807, 2.05) is 18.2 Å². The highest BCUT2D eigenvalue weighted by Crippen LogP contribution is 2.48. The Hall–Kier alpha value is -7.08. The minimum Gasteiger partial charge on any atom is -0.309 e. The van der Waals surface area contributed by atoms with Crippen molar-refractivity contribution in [2.45, 2.75) is 0 Å². The third-order valence-corrected chi connectivity index (χ3v) is 12.8. The summed E-state index contributed by atoms with van der Waals surface area (Å²) in [6.45, 7) is 0. The van der Waals surface area contributed by atoms with Crippen LogP contribution < -0.4 is 0 Å². The molecule has 0 fully saturated rings. The summed E-state index contributed by atoms with van der Waals surface area (Å²) in [5.41, 5.74) is 11.4. The second-order valence-corrected chi connectivity index (χ2v) is 15.6. The molecule has 0 spiro atoms. The van der Waals surface area contributed by atoms with Gasteiger partial charge in [0.15, 0.2) is 5.82 Å². The second-order valence-electron chi connectivity index (χ2n) is 14.5. The summed E-state index contributed by atoms with van der Waals surface area (Å²) in [6, 6.07) is 61.5. The van der Waals surface area contributed by atoms with Crippen molar-refractivity contribution in [1.29, 1.82) is 0 Å². The molecule has 0 aliphatic heterocycles. The average Bonchev–Trinajstić information content (AvgIpc) is 3.99. The minimum absolute atomic E-state index is 0.743. The fourth-order valence-corrected chi connectivity index (χ4v) is 10.4. The Morgan fingerprint density at radius 1 is 0.436 bits per heavy atom. The number of para-hydroxylation sites is 2. The minimum atomic E-state index is 0.743. The fraction of sp³-hybridized carbons (Fsp3) is 0. The van der Waals surface area contributed by atoms with E-state index in [1.54, 1.807) is 11.3 Å². The first-order chi connectivity index (χ1) is 27.3. The van der Waals surface area contributed by atoms with Gasteiger partial charge in [0.25, 0.3) is 0 Å². The van der Waals surface area contributed by atoms with Crippen LogP contribution in [0.1, 0.15) is 0 Å². The van der Waals surface area contributed by atoms with Crippen LogP contribution in [0.3, 0.4) is 0 Å². The van der Waals surface area contributed by atoms with E-state index >= 15 is 0 Å².